The first-order valence-corrected chi connectivity index (χ1v) is 5.60. The van der Waals surface area contributed by atoms with E-state index in [0.717, 1.165) is 0 Å². The van der Waals surface area contributed by atoms with E-state index in [4.69, 9.17) is 5.73 Å². The molecule has 0 amide bonds. The smallest absolute Gasteiger partial charge is 0.374 e. The minimum Gasteiger partial charge on any atom is -0.374 e. The molecule has 1 aromatic rings. The summed E-state index contributed by atoms with van der Waals surface area (Å²) in [7, 11) is 1.55. The molecule has 0 bridgehead atoms. The molecule has 0 saturated heterocycles. The second-order valence-corrected chi connectivity index (χ2v) is 4.10. The lowest BCUT2D eigenvalue weighted by atomic mass is 10.1. The van der Waals surface area contributed by atoms with Gasteiger partial charge in [-0.05, 0) is 36.7 Å². The third-order valence-corrected chi connectivity index (χ3v) is 2.60. The van der Waals surface area contributed by atoms with Gasteiger partial charge in [0, 0.05) is 19.3 Å². The van der Waals surface area contributed by atoms with E-state index < -0.39 is 18.4 Å². The average molecular weight is 264 g/mol. The maximum Gasteiger partial charge on any atom is 0.390 e. The van der Waals surface area contributed by atoms with Gasteiger partial charge in [-0.25, -0.2) is 4.39 Å². The molecule has 0 radical (unpaired) electrons. The minimum absolute atomic E-state index is 0.160. The van der Waals surface area contributed by atoms with E-state index in [0.29, 0.717) is 24.2 Å². The highest BCUT2D eigenvalue weighted by Crippen LogP contribution is 2.24. The van der Waals surface area contributed by atoms with Crippen LogP contribution in [0.1, 0.15) is 12.0 Å². The summed E-state index contributed by atoms with van der Waals surface area (Å²) in [6, 6.07) is 4.03. The van der Waals surface area contributed by atoms with E-state index in [-0.39, 0.29) is 6.54 Å². The summed E-state index contributed by atoms with van der Waals surface area (Å²) in [5, 5.41) is 0. The molecule has 0 spiro atoms. The number of alkyl halides is 3. The zero-order valence-corrected chi connectivity index (χ0v) is 10.1. The van der Waals surface area contributed by atoms with Gasteiger partial charge in [0.25, 0.3) is 0 Å². The second-order valence-electron chi connectivity index (χ2n) is 4.10. The predicted octanol–water partition coefficient (Wildman–Crippen LogP) is 2.72. The largest absolute Gasteiger partial charge is 0.390 e. The number of hydrogen-bond donors (Lipinski definition) is 1. The van der Waals surface area contributed by atoms with Crippen molar-refractivity contribution in [3.8, 4) is 0 Å². The van der Waals surface area contributed by atoms with Crippen LogP contribution in [0.3, 0.4) is 0 Å². The summed E-state index contributed by atoms with van der Waals surface area (Å²) in [6.45, 7) is 0.163. The Morgan fingerprint density at radius 1 is 1.28 bits per heavy atom. The van der Waals surface area contributed by atoms with Crippen LogP contribution in [0.15, 0.2) is 18.2 Å². The Balaban J connectivity index is 2.80. The van der Waals surface area contributed by atoms with Gasteiger partial charge < -0.3 is 10.6 Å². The van der Waals surface area contributed by atoms with Gasteiger partial charge in [0.1, 0.15) is 5.82 Å². The molecule has 0 fully saturated rings. The van der Waals surface area contributed by atoms with Gasteiger partial charge in [-0.1, -0.05) is 0 Å². The highest BCUT2D eigenvalue weighted by molar-refractivity contribution is 5.53. The zero-order valence-electron chi connectivity index (χ0n) is 10.1. The Morgan fingerprint density at radius 2 is 1.94 bits per heavy atom. The summed E-state index contributed by atoms with van der Waals surface area (Å²) in [5.74, 6) is -0.411. The fraction of sp³-hybridized carbons (Fsp3) is 0.500. The SMILES string of the molecule is CN(CCC(F)(F)F)c1ccc(F)cc1CCN. The summed E-state index contributed by atoms with van der Waals surface area (Å²) >= 11 is 0. The molecule has 0 unspecified atom stereocenters. The number of benzene rings is 1. The van der Waals surface area contributed by atoms with Crippen molar-refractivity contribution < 1.29 is 17.6 Å². The van der Waals surface area contributed by atoms with Gasteiger partial charge in [-0.2, -0.15) is 13.2 Å². The molecule has 1 rings (SSSR count). The molecule has 0 aliphatic carbocycles. The number of hydrogen-bond acceptors (Lipinski definition) is 2. The summed E-state index contributed by atoms with van der Waals surface area (Å²) in [6.07, 6.45) is -4.66. The maximum absolute atomic E-state index is 13.1. The molecule has 2 N–H and O–H groups in total. The minimum atomic E-state index is -4.19. The van der Waals surface area contributed by atoms with Crippen molar-refractivity contribution in [1.29, 1.82) is 0 Å². The number of halogens is 4. The van der Waals surface area contributed by atoms with Crippen LogP contribution in [0.25, 0.3) is 0 Å². The zero-order chi connectivity index (χ0) is 13.8. The van der Waals surface area contributed by atoms with E-state index in [9.17, 15) is 17.6 Å². The topological polar surface area (TPSA) is 29.3 Å². The van der Waals surface area contributed by atoms with E-state index in [1.54, 1.807) is 7.05 Å². The van der Waals surface area contributed by atoms with Crippen LogP contribution in [0.4, 0.5) is 23.2 Å². The third kappa shape index (κ3) is 4.52. The fourth-order valence-electron chi connectivity index (χ4n) is 1.70. The van der Waals surface area contributed by atoms with Crippen molar-refractivity contribution in [2.75, 3.05) is 25.0 Å². The molecule has 0 aromatic heterocycles. The Bertz CT molecular complexity index is 390. The molecule has 0 saturated carbocycles. The molecular formula is C12H16F4N2. The van der Waals surface area contributed by atoms with Gasteiger partial charge in [-0.3, -0.25) is 0 Å². The monoisotopic (exact) mass is 264 g/mol. The molecule has 1 aromatic carbocycles. The molecule has 0 aliphatic heterocycles. The van der Waals surface area contributed by atoms with Crippen molar-refractivity contribution in [3.05, 3.63) is 29.6 Å². The normalized spacial score (nSPS) is 11.7. The lowest BCUT2D eigenvalue weighted by Gasteiger charge is -2.23. The molecule has 6 heteroatoms. The molecule has 2 nitrogen and oxygen atoms in total. The van der Waals surface area contributed by atoms with Crippen LogP contribution in [-0.4, -0.2) is 26.3 Å². The Morgan fingerprint density at radius 3 is 2.50 bits per heavy atom. The van der Waals surface area contributed by atoms with Gasteiger partial charge in [0.2, 0.25) is 0 Å². The van der Waals surface area contributed by atoms with Gasteiger partial charge in [-0.15, -0.1) is 0 Å². The highest BCUT2D eigenvalue weighted by Gasteiger charge is 2.27. The quantitative estimate of drug-likeness (QED) is 0.828. The summed E-state index contributed by atoms with van der Waals surface area (Å²) < 4.78 is 49.5. The first kappa shape index (κ1) is 14.8. The van der Waals surface area contributed by atoms with E-state index in [1.165, 1.54) is 23.1 Å². The van der Waals surface area contributed by atoms with Crippen molar-refractivity contribution in [3.63, 3.8) is 0 Å². The highest BCUT2D eigenvalue weighted by atomic mass is 19.4. The predicted molar refractivity (Wildman–Crippen MR) is 63.1 cm³/mol. The van der Waals surface area contributed by atoms with Crippen LogP contribution in [0.5, 0.6) is 0 Å². The van der Waals surface area contributed by atoms with Crippen LogP contribution >= 0.6 is 0 Å². The lowest BCUT2D eigenvalue weighted by Crippen LogP contribution is -2.25. The molecule has 0 atom stereocenters. The Labute approximate surface area is 103 Å². The molecule has 18 heavy (non-hydrogen) atoms. The molecular weight excluding hydrogens is 248 g/mol. The standard InChI is InChI=1S/C12H16F4N2/c1-18(7-5-12(14,15)16)11-3-2-10(13)8-9(11)4-6-17/h2-3,8H,4-7,17H2,1H3. The van der Waals surface area contributed by atoms with Crippen LogP contribution in [0, 0.1) is 5.82 Å². The van der Waals surface area contributed by atoms with Gasteiger partial charge in [0.15, 0.2) is 0 Å². The first-order chi connectivity index (χ1) is 8.33. The lowest BCUT2D eigenvalue weighted by molar-refractivity contribution is -0.132. The maximum atomic E-state index is 13.1. The molecule has 0 heterocycles. The van der Waals surface area contributed by atoms with Crippen molar-refractivity contribution in [2.45, 2.75) is 19.0 Å². The van der Waals surface area contributed by atoms with Crippen molar-refractivity contribution in [1.82, 2.24) is 0 Å². The fourth-order valence-corrected chi connectivity index (χ4v) is 1.70. The number of rotatable bonds is 5. The molecule has 102 valence electrons. The average Bonchev–Trinajstić information content (AvgIpc) is 2.25. The van der Waals surface area contributed by atoms with Crippen molar-refractivity contribution in [2.24, 2.45) is 5.73 Å². The Hall–Kier alpha value is -1.30. The molecule has 0 aliphatic rings. The first-order valence-electron chi connectivity index (χ1n) is 5.60. The third-order valence-electron chi connectivity index (χ3n) is 2.60. The van der Waals surface area contributed by atoms with Gasteiger partial charge >= 0.3 is 6.18 Å². The van der Waals surface area contributed by atoms with Crippen LogP contribution in [-0.2, 0) is 6.42 Å². The van der Waals surface area contributed by atoms with Crippen LogP contribution < -0.4 is 10.6 Å². The summed E-state index contributed by atoms with van der Waals surface area (Å²) in [4.78, 5) is 1.47. The van der Waals surface area contributed by atoms with E-state index in [2.05, 4.69) is 0 Å². The van der Waals surface area contributed by atoms with Gasteiger partial charge in [0.05, 0.1) is 6.42 Å². The number of anilines is 1. The van der Waals surface area contributed by atoms with E-state index >= 15 is 0 Å². The number of nitrogens with zero attached hydrogens (tertiary/aromatic N) is 1. The van der Waals surface area contributed by atoms with Crippen molar-refractivity contribution >= 4 is 5.69 Å². The second kappa shape index (κ2) is 6.04. The summed E-state index contributed by atoms with van der Waals surface area (Å²) in [5.41, 5.74) is 6.62. The van der Waals surface area contributed by atoms with E-state index in [1.807, 2.05) is 0 Å². The number of nitrogens with two attached hydrogens (primary N) is 1. The van der Waals surface area contributed by atoms with Crippen LogP contribution in [0.2, 0.25) is 0 Å². The Kier molecular flexibility index (Phi) is 4.95.